The minimum atomic E-state index is -0.607. The van der Waals surface area contributed by atoms with Crippen LogP contribution in [0.1, 0.15) is 75.3 Å². The molecule has 0 fully saturated rings. The molecule has 312 valence electrons. The summed E-state index contributed by atoms with van der Waals surface area (Å²) >= 11 is 0. The molecule has 0 aromatic heterocycles. The number of esters is 1. The first-order chi connectivity index (χ1) is 28.2. The zero-order valence-corrected chi connectivity index (χ0v) is 33.7. The van der Waals surface area contributed by atoms with E-state index in [0.717, 1.165) is 49.0 Å². The van der Waals surface area contributed by atoms with Crippen LogP contribution in [0.15, 0.2) is 109 Å². The third kappa shape index (κ3) is 18.9. The molecular formula is C45H57N3O10. The molecular weight excluding hydrogens is 743 g/mol. The second-order valence-electron chi connectivity index (χ2n) is 13.3. The fourth-order valence-electron chi connectivity index (χ4n) is 5.64. The lowest BCUT2D eigenvalue weighted by Crippen LogP contribution is -2.30. The van der Waals surface area contributed by atoms with Crippen molar-refractivity contribution in [1.29, 1.82) is 0 Å². The summed E-state index contributed by atoms with van der Waals surface area (Å²) in [6.45, 7) is 0.707. The smallest absolute Gasteiger partial charge is 0.305 e. The van der Waals surface area contributed by atoms with Gasteiger partial charge in [0.05, 0.1) is 34.5 Å². The molecule has 4 N–H and O–H groups in total. The fraction of sp³-hybridized carbons (Fsp3) is 0.378. The average molecular weight is 800 g/mol. The van der Waals surface area contributed by atoms with Crippen molar-refractivity contribution in [2.75, 3.05) is 32.0 Å². The minimum Gasteiger partial charge on any atom is -0.497 e. The van der Waals surface area contributed by atoms with Crippen LogP contribution in [0.2, 0.25) is 0 Å². The maximum atomic E-state index is 12.8. The van der Waals surface area contributed by atoms with Gasteiger partial charge < -0.3 is 34.3 Å². The SMILES string of the molecule is COC(=O)CCCCCC(OCc1ccccc1)C(=O)Nc1ccc(OC)cc1.COc1ccc(NC(=O)C(CCCCCC(=O)NO)OCc2ccccc2)cc1. The number of methoxy groups -OCH3 is 3. The van der Waals surface area contributed by atoms with E-state index in [1.54, 1.807) is 68.2 Å². The Morgan fingerprint density at radius 3 is 1.33 bits per heavy atom. The van der Waals surface area contributed by atoms with Crippen molar-refractivity contribution in [3.8, 4) is 11.5 Å². The standard InChI is InChI=1S/C23H29NO5.C22H28N2O5/c1-27-20-15-13-19(14-16-20)24-23(26)21(11-7-4-8-12-22(25)28-2)29-17-18-9-5-3-6-10-18;1-28-19-14-12-18(13-15-19)23-22(26)20(10-6-3-7-11-21(25)24-27)29-16-17-8-4-2-5-9-17/h3,5-6,9-10,13-16,21H,4,7-8,11-12,17H2,1-2H3,(H,24,26);2,4-5,8-9,12-15,20,27H,3,6-7,10-11,16H2,1H3,(H,23,26)(H,24,25). The van der Waals surface area contributed by atoms with Crippen molar-refractivity contribution in [3.05, 3.63) is 120 Å². The molecule has 4 aromatic carbocycles. The zero-order valence-electron chi connectivity index (χ0n) is 33.7. The van der Waals surface area contributed by atoms with Gasteiger partial charge in [0, 0.05) is 24.2 Å². The van der Waals surface area contributed by atoms with E-state index in [9.17, 15) is 19.2 Å². The molecule has 4 rings (SSSR count). The molecule has 0 aliphatic rings. The van der Waals surface area contributed by atoms with Crippen molar-refractivity contribution in [2.24, 2.45) is 0 Å². The number of amides is 3. The van der Waals surface area contributed by atoms with Crippen LogP contribution in [-0.2, 0) is 46.6 Å². The zero-order chi connectivity index (χ0) is 41.8. The summed E-state index contributed by atoms with van der Waals surface area (Å²) in [6, 6.07) is 33.7. The van der Waals surface area contributed by atoms with Crippen LogP contribution in [0.5, 0.6) is 11.5 Å². The Morgan fingerprint density at radius 1 is 0.534 bits per heavy atom. The van der Waals surface area contributed by atoms with Gasteiger partial charge in [0.1, 0.15) is 23.7 Å². The highest BCUT2D eigenvalue weighted by Crippen LogP contribution is 2.19. The van der Waals surface area contributed by atoms with Gasteiger partial charge in [0.2, 0.25) is 5.91 Å². The first kappa shape index (κ1) is 46.6. The molecule has 13 heteroatoms. The predicted molar refractivity (Wildman–Crippen MR) is 221 cm³/mol. The molecule has 0 bridgehead atoms. The Labute approximate surface area is 341 Å². The van der Waals surface area contributed by atoms with Crippen molar-refractivity contribution in [2.45, 2.75) is 89.6 Å². The summed E-state index contributed by atoms with van der Waals surface area (Å²) in [5, 5.41) is 14.3. The maximum absolute atomic E-state index is 12.8. The number of hydroxylamine groups is 1. The Balaban J connectivity index is 0.000000310. The predicted octanol–water partition coefficient (Wildman–Crippen LogP) is 8.02. The van der Waals surface area contributed by atoms with Gasteiger partial charge in [-0.2, -0.15) is 0 Å². The molecule has 0 radical (unpaired) electrons. The molecule has 0 aliphatic carbocycles. The summed E-state index contributed by atoms with van der Waals surface area (Å²) in [5.41, 5.74) is 4.99. The number of hydrogen-bond donors (Lipinski definition) is 4. The first-order valence-electron chi connectivity index (χ1n) is 19.4. The number of carbonyl (C=O) groups excluding carboxylic acids is 4. The highest BCUT2D eigenvalue weighted by molar-refractivity contribution is 5.94. The molecule has 4 aromatic rings. The van der Waals surface area contributed by atoms with Crippen LogP contribution >= 0.6 is 0 Å². The lowest BCUT2D eigenvalue weighted by molar-refractivity contribution is -0.140. The fourth-order valence-corrected chi connectivity index (χ4v) is 5.64. The molecule has 0 saturated heterocycles. The lowest BCUT2D eigenvalue weighted by Gasteiger charge is -2.18. The molecule has 0 spiro atoms. The van der Waals surface area contributed by atoms with E-state index >= 15 is 0 Å². The van der Waals surface area contributed by atoms with Crippen LogP contribution in [0, 0.1) is 0 Å². The van der Waals surface area contributed by atoms with Crippen molar-refractivity contribution >= 4 is 35.1 Å². The number of unbranched alkanes of at least 4 members (excludes halogenated alkanes) is 4. The van der Waals surface area contributed by atoms with Gasteiger partial charge in [-0.25, -0.2) is 5.48 Å². The molecule has 0 heterocycles. The van der Waals surface area contributed by atoms with Crippen LogP contribution in [0.4, 0.5) is 11.4 Å². The number of rotatable bonds is 24. The van der Waals surface area contributed by atoms with Crippen LogP contribution in [0.25, 0.3) is 0 Å². The quantitative estimate of drug-likeness (QED) is 0.0236. The largest absolute Gasteiger partial charge is 0.497 e. The van der Waals surface area contributed by atoms with E-state index in [-0.39, 0.29) is 24.2 Å². The highest BCUT2D eigenvalue weighted by atomic mass is 16.5. The Morgan fingerprint density at radius 2 is 0.948 bits per heavy atom. The van der Waals surface area contributed by atoms with Crippen LogP contribution in [-0.4, -0.2) is 62.4 Å². The average Bonchev–Trinajstić information content (AvgIpc) is 3.26. The lowest BCUT2D eigenvalue weighted by atomic mass is 10.1. The second-order valence-corrected chi connectivity index (χ2v) is 13.3. The van der Waals surface area contributed by atoms with Gasteiger partial charge in [0.15, 0.2) is 0 Å². The number of nitrogens with one attached hydrogen (secondary N) is 3. The maximum Gasteiger partial charge on any atom is 0.305 e. The molecule has 0 aliphatic heterocycles. The van der Waals surface area contributed by atoms with Crippen molar-refractivity contribution in [1.82, 2.24) is 5.48 Å². The van der Waals surface area contributed by atoms with Gasteiger partial charge >= 0.3 is 5.97 Å². The van der Waals surface area contributed by atoms with E-state index in [2.05, 4.69) is 15.4 Å². The molecule has 58 heavy (non-hydrogen) atoms. The third-order valence-electron chi connectivity index (χ3n) is 8.96. The topological polar surface area (TPSA) is 171 Å². The number of anilines is 2. The van der Waals surface area contributed by atoms with Gasteiger partial charge in [-0.05, 0) is 85.3 Å². The van der Waals surface area contributed by atoms with E-state index in [4.69, 9.17) is 24.2 Å². The second kappa shape index (κ2) is 27.8. The van der Waals surface area contributed by atoms with E-state index in [1.165, 1.54) is 7.11 Å². The van der Waals surface area contributed by atoms with Crippen molar-refractivity contribution in [3.63, 3.8) is 0 Å². The van der Waals surface area contributed by atoms with Gasteiger partial charge in [0.25, 0.3) is 11.8 Å². The number of carbonyl (C=O) groups is 4. The monoisotopic (exact) mass is 799 g/mol. The van der Waals surface area contributed by atoms with E-state index in [1.807, 2.05) is 60.7 Å². The first-order valence-corrected chi connectivity index (χ1v) is 19.4. The summed E-state index contributed by atoms with van der Waals surface area (Å²) in [6.07, 6.45) is 5.06. The van der Waals surface area contributed by atoms with Crippen LogP contribution < -0.4 is 25.6 Å². The minimum absolute atomic E-state index is 0.181. The summed E-state index contributed by atoms with van der Waals surface area (Å²) in [5.74, 6) is 0.439. The highest BCUT2D eigenvalue weighted by Gasteiger charge is 2.21. The Kier molecular flexibility index (Phi) is 22.3. The number of benzene rings is 4. The Hall–Kier alpha value is -5.76. The normalized spacial score (nSPS) is 11.5. The van der Waals surface area contributed by atoms with Crippen LogP contribution in [0.3, 0.4) is 0 Å². The summed E-state index contributed by atoms with van der Waals surface area (Å²) in [4.78, 5) is 47.8. The molecule has 3 amide bonds. The number of ether oxygens (including phenoxy) is 5. The molecule has 0 saturated carbocycles. The molecule has 13 nitrogen and oxygen atoms in total. The van der Waals surface area contributed by atoms with E-state index < -0.39 is 18.1 Å². The van der Waals surface area contributed by atoms with E-state index in [0.29, 0.717) is 56.0 Å². The molecule has 2 atom stereocenters. The van der Waals surface area contributed by atoms with Gasteiger partial charge in [-0.15, -0.1) is 0 Å². The number of hydrogen-bond acceptors (Lipinski definition) is 10. The Bertz CT molecular complexity index is 1630. The van der Waals surface area contributed by atoms with Gasteiger partial charge in [-0.3, -0.25) is 24.4 Å². The van der Waals surface area contributed by atoms with Gasteiger partial charge in [-0.1, -0.05) is 86.3 Å². The third-order valence-corrected chi connectivity index (χ3v) is 8.96. The van der Waals surface area contributed by atoms with Crippen molar-refractivity contribution < 1.29 is 48.1 Å². The summed E-state index contributed by atoms with van der Waals surface area (Å²) < 4.78 is 26.7. The summed E-state index contributed by atoms with van der Waals surface area (Å²) in [7, 11) is 4.58. The molecule has 2 unspecified atom stereocenters.